The molecule has 0 atom stereocenters. The minimum atomic E-state index is -0.0617. The average molecular weight is 350 g/mol. The maximum Gasteiger partial charge on any atom is 0.254 e. The van der Waals surface area contributed by atoms with Gasteiger partial charge >= 0.3 is 0 Å². The lowest BCUT2D eigenvalue weighted by atomic mass is 10.2. The molecule has 1 amide bonds. The first-order valence-electron chi connectivity index (χ1n) is 7.96. The average Bonchev–Trinajstić information content (AvgIpc) is 3.07. The van der Waals surface area contributed by atoms with Gasteiger partial charge in [0.1, 0.15) is 5.65 Å². The summed E-state index contributed by atoms with van der Waals surface area (Å²) in [5.74, 6) is 0.627. The van der Waals surface area contributed by atoms with Gasteiger partial charge in [-0.2, -0.15) is 5.26 Å². The Morgan fingerprint density at radius 1 is 1.28 bits per heavy atom. The van der Waals surface area contributed by atoms with Crippen LogP contribution in [0.25, 0.3) is 5.65 Å². The molecule has 3 aromatic rings. The van der Waals surface area contributed by atoms with Crippen molar-refractivity contribution in [1.82, 2.24) is 14.3 Å². The van der Waals surface area contributed by atoms with Crippen LogP contribution >= 0.6 is 11.8 Å². The molecule has 126 valence electrons. The molecule has 0 saturated carbocycles. The summed E-state index contributed by atoms with van der Waals surface area (Å²) in [7, 11) is 1.73. The molecule has 0 aliphatic rings. The van der Waals surface area contributed by atoms with Gasteiger partial charge in [0.2, 0.25) is 0 Å². The molecular formula is C19H18N4OS. The van der Waals surface area contributed by atoms with Crippen LogP contribution in [0.4, 0.5) is 0 Å². The third kappa shape index (κ3) is 4.01. The van der Waals surface area contributed by atoms with Gasteiger partial charge in [0.15, 0.2) is 0 Å². The Hall–Kier alpha value is -2.78. The second kappa shape index (κ2) is 7.86. The van der Waals surface area contributed by atoms with Crippen molar-refractivity contribution in [2.45, 2.75) is 17.1 Å². The second-order valence-corrected chi connectivity index (χ2v) is 6.64. The van der Waals surface area contributed by atoms with Gasteiger partial charge in [0.25, 0.3) is 5.91 Å². The first-order valence-corrected chi connectivity index (χ1v) is 8.94. The van der Waals surface area contributed by atoms with Crippen LogP contribution in [0.1, 0.15) is 22.5 Å². The molecule has 0 spiro atoms. The third-order valence-electron chi connectivity index (χ3n) is 3.81. The Morgan fingerprint density at radius 2 is 2.08 bits per heavy atom. The molecule has 3 rings (SSSR count). The molecule has 2 aromatic heterocycles. The highest BCUT2D eigenvalue weighted by atomic mass is 32.2. The lowest BCUT2D eigenvalue weighted by molar-refractivity contribution is 0.0794. The second-order valence-electron chi connectivity index (χ2n) is 5.62. The van der Waals surface area contributed by atoms with Crippen molar-refractivity contribution in [3.8, 4) is 6.07 Å². The van der Waals surface area contributed by atoms with E-state index >= 15 is 0 Å². The number of fused-ring (bicyclic) bond motifs is 1. The van der Waals surface area contributed by atoms with Crippen molar-refractivity contribution in [1.29, 1.82) is 5.26 Å². The Labute approximate surface area is 150 Å². The standard InChI is InChI=1S/C19H18N4OS/c1-22(11-6-10-20)19(24)16-7-2-3-8-17(16)25-14-15-13-23-12-5-4-9-18(23)21-15/h2-5,7-9,12-13H,6,11,14H2,1H3. The number of nitriles is 1. The summed E-state index contributed by atoms with van der Waals surface area (Å²) in [5, 5.41) is 8.69. The molecule has 5 nitrogen and oxygen atoms in total. The number of pyridine rings is 1. The van der Waals surface area contributed by atoms with Gasteiger partial charge in [0.05, 0.1) is 23.7 Å². The Kier molecular flexibility index (Phi) is 5.36. The number of thioether (sulfide) groups is 1. The number of benzene rings is 1. The van der Waals surface area contributed by atoms with Crippen molar-refractivity contribution in [2.75, 3.05) is 13.6 Å². The number of carbonyl (C=O) groups excluding carboxylic acids is 1. The molecule has 25 heavy (non-hydrogen) atoms. The molecule has 0 aliphatic carbocycles. The van der Waals surface area contributed by atoms with Crippen molar-refractivity contribution in [3.63, 3.8) is 0 Å². The zero-order chi connectivity index (χ0) is 17.6. The number of imidazole rings is 1. The first kappa shape index (κ1) is 17.1. The predicted molar refractivity (Wildman–Crippen MR) is 98.4 cm³/mol. The fourth-order valence-electron chi connectivity index (χ4n) is 2.50. The fraction of sp³-hybridized carbons (Fsp3) is 0.211. The molecule has 6 heteroatoms. The Morgan fingerprint density at radius 3 is 2.88 bits per heavy atom. The summed E-state index contributed by atoms with van der Waals surface area (Å²) in [5.41, 5.74) is 2.55. The van der Waals surface area contributed by atoms with Crippen molar-refractivity contribution in [2.24, 2.45) is 0 Å². The number of hydrogen-bond acceptors (Lipinski definition) is 4. The Balaban J connectivity index is 1.74. The zero-order valence-corrected chi connectivity index (χ0v) is 14.7. The number of carbonyl (C=O) groups is 1. The van der Waals surface area contributed by atoms with E-state index < -0.39 is 0 Å². The fourth-order valence-corrected chi connectivity index (χ4v) is 3.43. The topological polar surface area (TPSA) is 61.4 Å². The summed E-state index contributed by atoms with van der Waals surface area (Å²) in [6.07, 6.45) is 4.31. The highest BCUT2D eigenvalue weighted by molar-refractivity contribution is 7.98. The van der Waals surface area contributed by atoms with Crippen LogP contribution in [-0.2, 0) is 5.75 Å². The summed E-state index contributed by atoms with van der Waals surface area (Å²) in [6.45, 7) is 0.431. The number of nitrogens with zero attached hydrogens (tertiary/aromatic N) is 4. The van der Waals surface area contributed by atoms with E-state index in [0.29, 0.717) is 24.3 Å². The van der Waals surface area contributed by atoms with Crippen molar-refractivity contribution >= 4 is 23.3 Å². The molecule has 0 radical (unpaired) electrons. The van der Waals surface area contributed by atoms with Gasteiger partial charge in [-0.3, -0.25) is 4.79 Å². The van der Waals surface area contributed by atoms with Gasteiger partial charge in [-0.25, -0.2) is 4.98 Å². The van der Waals surface area contributed by atoms with Crippen molar-refractivity contribution < 1.29 is 4.79 Å². The SMILES string of the molecule is CN(CCC#N)C(=O)c1ccccc1SCc1cn2ccccc2n1. The predicted octanol–water partition coefficient (Wildman–Crippen LogP) is 3.61. The smallest absolute Gasteiger partial charge is 0.254 e. The van der Waals surface area contributed by atoms with Gasteiger partial charge in [-0.1, -0.05) is 18.2 Å². The van der Waals surface area contributed by atoms with Gasteiger partial charge < -0.3 is 9.30 Å². The highest BCUT2D eigenvalue weighted by Gasteiger charge is 2.16. The van der Waals surface area contributed by atoms with E-state index in [1.165, 1.54) is 0 Å². The maximum absolute atomic E-state index is 12.6. The number of rotatable bonds is 6. The normalized spacial score (nSPS) is 10.6. The van der Waals surface area contributed by atoms with Gasteiger partial charge in [0, 0.05) is 36.6 Å². The van der Waals surface area contributed by atoms with E-state index in [2.05, 4.69) is 11.1 Å². The molecule has 0 aliphatic heterocycles. The minimum absolute atomic E-state index is 0.0617. The summed E-state index contributed by atoms with van der Waals surface area (Å²) in [4.78, 5) is 19.7. The lowest BCUT2D eigenvalue weighted by Crippen LogP contribution is -2.28. The van der Waals surface area contributed by atoms with Gasteiger partial charge in [-0.15, -0.1) is 11.8 Å². The largest absolute Gasteiger partial charge is 0.341 e. The number of amides is 1. The van der Waals surface area contributed by atoms with E-state index in [1.807, 2.05) is 59.3 Å². The lowest BCUT2D eigenvalue weighted by Gasteiger charge is -2.17. The number of aromatic nitrogens is 2. The molecule has 0 unspecified atom stereocenters. The highest BCUT2D eigenvalue weighted by Crippen LogP contribution is 2.27. The minimum Gasteiger partial charge on any atom is -0.341 e. The maximum atomic E-state index is 12.6. The van der Waals surface area contributed by atoms with Crippen LogP contribution in [0.3, 0.4) is 0 Å². The molecule has 1 aromatic carbocycles. The third-order valence-corrected chi connectivity index (χ3v) is 4.92. The van der Waals surface area contributed by atoms with Crippen LogP contribution in [0.5, 0.6) is 0 Å². The Bertz CT molecular complexity index is 895. The van der Waals surface area contributed by atoms with Crippen LogP contribution in [0.2, 0.25) is 0 Å². The summed E-state index contributed by atoms with van der Waals surface area (Å²) in [6, 6.07) is 15.5. The van der Waals surface area contributed by atoms with E-state index in [4.69, 9.17) is 5.26 Å². The van der Waals surface area contributed by atoms with E-state index in [9.17, 15) is 4.79 Å². The summed E-state index contributed by atoms with van der Waals surface area (Å²) >= 11 is 1.60. The zero-order valence-electron chi connectivity index (χ0n) is 13.9. The van der Waals surface area contributed by atoms with Crippen LogP contribution in [0.15, 0.2) is 59.8 Å². The van der Waals surface area contributed by atoms with Gasteiger partial charge in [-0.05, 0) is 24.3 Å². The monoisotopic (exact) mass is 350 g/mol. The van der Waals surface area contributed by atoms with Crippen molar-refractivity contribution in [3.05, 3.63) is 66.1 Å². The molecule has 0 fully saturated rings. The molecule has 2 heterocycles. The first-order chi connectivity index (χ1) is 12.2. The van der Waals surface area contributed by atoms with Crippen LogP contribution in [0, 0.1) is 11.3 Å². The summed E-state index contributed by atoms with van der Waals surface area (Å²) < 4.78 is 1.99. The molecular weight excluding hydrogens is 332 g/mol. The molecule has 0 bridgehead atoms. The molecule has 0 saturated heterocycles. The van der Waals surface area contributed by atoms with E-state index in [1.54, 1.807) is 23.7 Å². The molecule has 0 N–H and O–H groups in total. The van der Waals surface area contributed by atoms with Crippen LogP contribution in [-0.4, -0.2) is 33.8 Å². The van der Waals surface area contributed by atoms with E-state index in [-0.39, 0.29) is 5.91 Å². The van der Waals surface area contributed by atoms with E-state index in [0.717, 1.165) is 16.2 Å². The quantitative estimate of drug-likeness (QED) is 0.637. The van der Waals surface area contributed by atoms with Crippen LogP contribution < -0.4 is 0 Å². The number of hydrogen-bond donors (Lipinski definition) is 0.